The molecule has 2 rings (SSSR count). The Bertz CT molecular complexity index is 336. The minimum atomic E-state index is -0.296. The van der Waals surface area contributed by atoms with Crippen molar-refractivity contribution < 1.29 is 9.13 Å². The van der Waals surface area contributed by atoms with Gasteiger partial charge in [0, 0.05) is 19.6 Å². The first-order valence-corrected chi connectivity index (χ1v) is 5.98. The number of rotatable bonds is 4. The van der Waals surface area contributed by atoms with E-state index in [-0.39, 0.29) is 5.82 Å². The molecule has 17 heavy (non-hydrogen) atoms. The Morgan fingerprint density at radius 2 is 2.18 bits per heavy atom. The highest BCUT2D eigenvalue weighted by Gasteiger charge is 2.20. The van der Waals surface area contributed by atoms with Crippen LogP contribution < -0.4 is 10.6 Å². The van der Waals surface area contributed by atoms with E-state index in [0.29, 0.717) is 19.3 Å². The van der Waals surface area contributed by atoms with Crippen LogP contribution in [0.4, 0.5) is 10.2 Å². The standard InChI is InChI=1S/C12H18FN3O/c13-10-1-2-12(15-9-10)16-6-3-11(4-7-16)17-8-5-14/h1-2,9,11H,3-8,14H2. The number of hydrogen-bond donors (Lipinski definition) is 1. The number of hydrogen-bond acceptors (Lipinski definition) is 4. The van der Waals surface area contributed by atoms with Crippen LogP contribution in [0.15, 0.2) is 18.3 Å². The average Bonchev–Trinajstić information content (AvgIpc) is 2.38. The second kappa shape index (κ2) is 5.93. The summed E-state index contributed by atoms with van der Waals surface area (Å²) in [6.45, 7) is 2.99. The summed E-state index contributed by atoms with van der Waals surface area (Å²) in [6.07, 6.45) is 3.50. The predicted molar refractivity (Wildman–Crippen MR) is 64.4 cm³/mol. The second-order valence-corrected chi connectivity index (χ2v) is 4.18. The molecule has 5 heteroatoms. The Labute approximate surface area is 101 Å². The topological polar surface area (TPSA) is 51.4 Å². The van der Waals surface area contributed by atoms with Crippen molar-refractivity contribution in [3.8, 4) is 0 Å². The maximum Gasteiger partial charge on any atom is 0.141 e. The van der Waals surface area contributed by atoms with E-state index in [1.165, 1.54) is 12.3 Å². The zero-order chi connectivity index (χ0) is 12.1. The quantitative estimate of drug-likeness (QED) is 0.856. The summed E-state index contributed by atoms with van der Waals surface area (Å²) >= 11 is 0. The summed E-state index contributed by atoms with van der Waals surface area (Å²) in [5.74, 6) is 0.540. The van der Waals surface area contributed by atoms with Crippen LogP contribution in [0.5, 0.6) is 0 Å². The Kier molecular flexibility index (Phi) is 4.28. The Balaban J connectivity index is 1.84. The number of aromatic nitrogens is 1. The second-order valence-electron chi connectivity index (χ2n) is 4.18. The van der Waals surface area contributed by atoms with Gasteiger partial charge in [-0.25, -0.2) is 9.37 Å². The molecule has 0 amide bonds. The lowest BCUT2D eigenvalue weighted by molar-refractivity contribution is 0.0421. The van der Waals surface area contributed by atoms with E-state index in [9.17, 15) is 4.39 Å². The summed E-state index contributed by atoms with van der Waals surface area (Å²) in [4.78, 5) is 6.23. The molecule has 1 aromatic heterocycles. The zero-order valence-corrected chi connectivity index (χ0v) is 9.81. The number of ether oxygens (including phenoxy) is 1. The number of pyridine rings is 1. The average molecular weight is 239 g/mol. The first kappa shape index (κ1) is 12.3. The smallest absolute Gasteiger partial charge is 0.141 e. The van der Waals surface area contributed by atoms with Crippen LogP contribution in [0.25, 0.3) is 0 Å². The number of nitrogens with zero attached hydrogens (tertiary/aromatic N) is 2. The van der Waals surface area contributed by atoms with E-state index in [0.717, 1.165) is 31.7 Å². The third-order valence-corrected chi connectivity index (χ3v) is 2.95. The highest BCUT2D eigenvalue weighted by Crippen LogP contribution is 2.19. The molecule has 0 saturated carbocycles. The van der Waals surface area contributed by atoms with Crippen molar-refractivity contribution in [3.05, 3.63) is 24.1 Å². The maximum absolute atomic E-state index is 12.7. The van der Waals surface area contributed by atoms with Crippen molar-refractivity contribution in [2.75, 3.05) is 31.1 Å². The van der Waals surface area contributed by atoms with E-state index < -0.39 is 0 Å². The van der Waals surface area contributed by atoms with Gasteiger partial charge in [0.15, 0.2) is 0 Å². The van der Waals surface area contributed by atoms with Crippen molar-refractivity contribution in [1.82, 2.24) is 4.98 Å². The molecule has 2 N–H and O–H groups in total. The third kappa shape index (κ3) is 3.38. The third-order valence-electron chi connectivity index (χ3n) is 2.95. The Hall–Kier alpha value is -1.20. The van der Waals surface area contributed by atoms with Crippen LogP contribution in [-0.4, -0.2) is 37.3 Å². The van der Waals surface area contributed by atoms with Gasteiger partial charge in [-0.3, -0.25) is 0 Å². The van der Waals surface area contributed by atoms with Crippen LogP contribution in [0.3, 0.4) is 0 Å². The first-order valence-electron chi connectivity index (χ1n) is 5.98. The number of anilines is 1. The number of halogens is 1. The van der Waals surface area contributed by atoms with Gasteiger partial charge in [0.2, 0.25) is 0 Å². The fourth-order valence-electron chi connectivity index (χ4n) is 2.04. The molecular weight excluding hydrogens is 221 g/mol. The van der Waals surface area contributed by atoms with Crippen molar-refractivity contribution in [2.45, 2.75) is 18.9 Å². The summed E-state index contributed by atoms with van der Waals surface area (Å²) in [5, 5.41) is 0. The van der Waals surface area contributed by atoms with Crippen molar-refractivity contribution in [3.63, 3.8) is 0 Å². The lowest BCUT2D eigenvalue weighted by Crippen LogP contribution is -2.38. The van der Waals surface area contributed by atoms with E-state index in [2.05, 4.69) is 9.88 Å². The Morgan fingerprint density at radius 3 is 2.76 bits per heavy atom. The maximum atomic E-state index is 12.7. The SMILES string of the molecule is NCCOC1CCN(c2ccc(F)cn2)CC1. The fourth-order valence-corrected chi connectivity index (χ4v) is 2.04. The van der Waals surface area contributed by atoms with Gasteiger partial charge < -0.3 is 15.4 Å². The van der Waals surface area contributed by atoms with Crippen LogP contribution in [0.2, 0.25) is 0 Å². The van der Waals surface area contributed by atoms with E-state index in [4.69, 9.17) is 10.5 Å². The van der Waals surface area contributed by atoms with Crippen LogP contribution in [0, 0.1) is 5.82 Å². The first-order chi connectivity index (χ1) is 8.29. The van der Waals surface area contributed by atoms with Crippen LogP contribution in [0.1, 0.15) is 12.8 Å². The summed E-state index contributed by atoms with van der Waals surface area (Å²) in [7, 11) is 0. The van der Waals surface area contributed by atoms with Gasteiger partial charge in [-0.15, -0.1) is 0 Å². The molecule has 1 fully saturated rings. The molecule has 1 saturated heterocycles. The number of nitrogens with two attached hydrogens (primary N) is 1. The molecule has 0 aliphatic carbocycles. The lowest BCUT2D eigenvalue weighted by atomic mass is 10.1. The largest absolute Gasteiger partial charge is 0.377 e. The molecule has 0 unspecified atom stereocenters. The van der Waals surface area contributed by atoms with E-state index >= 15 is 0 Å². The van der Waals surface area contributed by atoms with Gasteiger partial charge in [-0.2, -0.15) is 0 Å². The molecule has 4 nitrogen and oxygen atoms in total. The van der Waals surface area contributed by atoms with Crippen molar-refractivity contribution in [2.24, 2.45) is 5.73 Å². The molecule has 0 spiro atoms. The summed E-state index contributed by atoms with van der Waals surface area (Å²) in [5.41, 5.74) is 5.40. The van der Waals surface area contributed by atoms with Crippen molar-refractivity contribution in [1.29, 1.82) is 0 Å². The molecular formula is C12H18FN3O. The zero-order valence-electron chi connectivity index (χ0n) is 9.81. The Morgan fingerprint density at radius 1 is 1.41 bits per heavy atom. The molecule has 0 aromatic carbocycles. The molecule has 1 aliphatic heterocycles. The minimum Gasteiger partial charge on any atom is -0.377 e. The van der Waals surface area contributed by atoms with Gasteiger partial charge in [0.05, 0.1) is 18.9 Å². The monoisotopic (exact) mass is 239 g/mol. The minimum absolute atomic E-state index is 0.296. The van der Waals surface area contributed by atoms with E-state index in [1.807, 2.05) is 0 Å². The van der Waals surface area contributed by atoms with E-state index in [1.54, 1.807) is 6.07 Å². The predicted octanol–water partition coefficient (Wildman–Crippen LogP) is 1.16. The molecule has 0 radical (unpaired) electrons. The molecule has 0 atom stereocenters. The molecule has 0 bridgehead atoms. The lowest BCUT2D eigenvalue weighted by Gasteiger charge is -2.32. The summed E-state index contributed by atoms with van der Waals surface area (Å²) in [6, 6.07) is 3.16. The highest BCUT2D eigenvalue weighted by atomic mass is 19.1. The molecule has 94 valence electrons. The van der Waals surface area contributed by atoms with Crippen LogP contribution >= 0.6 is 0 Å². The molecule has 1 aromatic rings. The van der Waals surface area contributed by atoms with Crippen LogP contribution in [-0.2, 0) is 4.74 Å². The van der Waals surface area contributed by atoms with Gasteiger partial charge in [0.25, 0.3) is 0 Å². The highest BCUT2D eigenvalue weighted by molar-refractivity contribution is 5.38. The summed E-state index contributed by atoms with van der Waals surface area (Å²) < 4.78 is 18.3. The van der Waals surface area contributed by atoms with Gasteiger partial charge in [-0.05, 0) is 25.0 Å². The van der Waals surface area contributed by atoms with Gasteiger partial charge >= 0.3 is 0 Å². The fraction of sp³-hybridized carbons (Fsp3) is 0.583. The van der Waals surface area contributed by atoms with Gasteiger partial charge in [0.1, 0.15) is 11.6 Å². The molecule has 2 heterocycles. The van der Waals surface area contributed by atoms with Gasteiger partial charge in [-0.1, -0.05) is 0 Å². The number of piperidine rings is 1. The normalized spacial score (nSPS) is 17.4. The molecule has 1 aliphatic rings. The van der Waals surface area contributed by atoms with Crippen molar-refractivity contribution >= 4 is 5.82 Å².